The van der Waals surface area contributed by atoms with Gasteiger partial charge in [0.15, 0.2) is 0 Å². The molecular weight excluding hydrogens is 290 g/mol. The van der Waals surface area contributed by atoms with Crippen molar-refractivity contribution in [3.05, 3.63) is 60.3 Å². The highest BCUT2D eigenvalue weighted by Crippen LogP contribution is 2.25. The van der Waals surface area contributed by atoms with Crippen molar-refractivity contribution in [3.63, 3.8) is 0 Å². The van der Waals surface area contributed by atoms with E-state index in [1.165, 1.54) is 0 Å². The van der Waals surface area contributed by atoms with E-state index >= 15 is 0 Å². The molecule has 3 heterocycles. The summed E-state index contributed by atoms with van der Waals surface area (Å²) >= 11 is 0. The molecule has 3 aromatic heterocycles. The van der Waals surface area contributed by atoms with E-state index in [4.69, 9.17) is 0 Å². The number of pyridine rings is 2. The quantitative estimate of drug-likeness (QED) is 0.596. The van der Waals surface area contributed by atoms with Gasteiger partial charge in [-0.3, -0.25) is 19.9 Å². The third-order valence-corrected chi connectivity index (χ3v) is 3.86. The molecule has 1 amide bonds. The van der Waals surface area contributed by atoms with Crippen LogP contribution in [0.5, 0.6) is 0 Å². The number of anilines is 1. The molecule has 6 heteroatoms. The molecule has 6 nitrogen and oxygen atoms in total. The maximum absolute atomic E-state index is 12.6. The summed E-state index contributed by atoms with van der Waals surface area (Å²) in [4.78, 5) is 20.9. The molecule has 0 bridgehead atoms. The molecule has 0 atom stereocenters. The van der Waals surface area contributed by atoms with E-state index in [2.05, 4.69) is 25.5 Å². The van der Waals surface area contributed by atoms with E-state index in [-0.39, 0.29) is 5.91 Å². The first-order chi connectivity index (χ1) is 11.2. The Labute approximate surface area is 131 Å². The third kappa shape index (κ3) is 2.20. The number of carbonyl (C=O) groups is 1. The number of carbonyl (C=O) groups excluding carboxylic acids is 1. The van der Waals surface area contributed by atoms with Gasteiger partial charge in [0, 0.05) is 29.4 Å². The zero-order valence-corrected chi connectivity index (χ0v) is 12.4. The van der Waals surface area contributed by atoms with Gasteiger partial charge >= 0.3 is 0 Å². The van der Waals surface area contributed by atoms with Crippen molar-refractivity contribution in [3.8, 4) is 0 Å². The van der Waals surface area contributed by atoms with Crippen LogP contribution in [0.3, 0.4) is 0 Å². The first-order valence-corrected chi connectivity index (χ1v) is 7.17. The number of rotatable bonds is 2. The van der Waals surface area contributed by atoms with Crippen molar-refractivity contribution >= 4 is 33.3 Å². The van der Waals surface area contributed by atoms with Crippen LogP contribution in [-0.4, -0.2) is 26.1 Å². The van der Waals surface area contributed by atoms with E-state index in [0.29, 0.717) is 11.4 Å². The maximum Gasteiger partial charge on any atom is 0.275 e. The van der Waals surface area contributed by atoms with Crippen LogP contribution < -0.4 is 5.32 Å². The van der Waals surface area contributed by atoms with Gasteiger partial charge in [-0.05, 0) is 36.1 Å². The highest BCUT2D eigenvalue weighted by Gasteiger charge is 2.14. The zero-order chi connectivity index (χ0) is 15.8. The molecule has 2 N–H and O–H groups in total. The summed E-state index contributed by atoms with van der Waals surface area (Å²) < 4.78 is 0. The molecule has 23 heavy (non-hydrogen) atoms. The Balaban J connectivity index is 1.77. The number of aromatic nitrogens is 4. The lowest BCUT2D eigenvalue weighted by atomic mass is 10.1. The average Bonchev–Trinajstić information content (AvgIpc) is 3.07. The first kappa shape index (κ1) is 13.4. The number of benzene rings is 1. The Bertz CT molecular complexity index is 1030. The lowest BCUT2D eigenvalue weighted by molar-refractivity contribution is 0.102. The van der Waals surface area contributed by atoms with Crippen LogP contribution in [0.1, 0.15) is 16.1 Å². The Kier molecular flexibility index (Phi) is 3.01. The number of hydrogen-bond donors (Lipinski definition) is 2. The van der Waals surface area contributed by atoms with Crippen molar-refractivity contribution in [1.29, 1.82) is 0 Å². The number of amides is 1. The van der Waals surface area contributed by atoms with Crippen LogP contribution in [0.4, 0.5) is 5.69 Å². The molecule has 112 valence electrons. The van der Waals surface area contributed by atoms with E-state index < -0.39 is 0 Å². The van der Waals surface area contributed by atoms with Gasteiger partial charge in [-0.25, -0.2) is 0 Å². The second-order valence-electron chi connectivity index (χ2n) is 5.30. The number of aromatic amines is 1. The molecule has 0 aliphatic carbocycles. The Morgan fingerprint density at radius 3 is 2.87 bits per heavy atom. The van der Waals surface area contributed by atoms with E-state index in [1.807, 2.05) is 31.2 Å². The number of aryl methyl sites for hydroxylation is 1. The lowest BCUT2D eigenvalue weighted by Gasteiger charge is -2.08. The van der Waals surface area contributed by atoms with Crippen molar-refractivity contribution in [2.45, 2.75) is 6.92 Å². The van der Waals surface area contributed by atoms with Crippen molar-refractivity contribution in [1.82, 2.24) is 20.2 Å². The zero-order valence-electron chi connectivity index (χ0n) is 12.4. The second kappa shape index (κ2) is 5.17. The molecule has 1 aromatic carbocycles. The first-order valence-electron chi connectivity index (χ1n) is 7.17. The van der Waals surface area contributed by atoms with Gasteiger partial charge in [0.2, 0.25) is 0 Å². The van der Waals surface area contributed by atoms with Gasteiger partial charge in [0.1, 0.15) is 5.69 Å². The summed E-state index contributed by atoms with van der Waals surface area (Å²) in [6, 6.07) is 7.52. The minimum absolute atomic E-state index is 0.275. The Morgan fingerprint density at radius 1 is 1.09 bits per heavy atom. The molecule has 0 unspecified atom stereocenters. The van der Waals surface area contributed by atoms with Crippen molar-refractivity contribution in [2.24, 2.45) is 0 Å². The third-order valence-electron chi connectivity index (χ3n) is 3.86. The maximum atomic E-state index is 12.6. The SMILES string of the molecule is Cc1ccc(NC(=O)c2nccc3ccncc23)c2[nH]ncc12. The topological polar surface area (TPSA) is 83.6 Å². The number of hydrogen-bond acceptors (Lipinski definition) is 4. The number of fused-ring (bicyclic) bond motifs is 2. The van der Waals surface area contributed by atoms with Crippen molar-refractivity contribution < 1.29 is 4.79 Å². The largest absolute Gasteiger partial charge is 0.319 e. The van der Waals surface area contributed by atoms with Gasteiger partial charge < -0.3 is 5.32 Å². The van der Waals surface area contributed by atoms with Gasteiger partial charge in [-0.1, -0.05) is 6.07 Å². The fourth-order valence-corrected chi connectivity index (χ4v) is 2.65. The van der Waals surface area contributed by atoms with Gasteiger partial charge in [0.25, 0.3) is 5.91 Å². The van der Waals surface area contributed by atoms with Crippen LogP contribution in [0.25, 0.3) is 21.7 Å². The van der Waals surface area contributed by atoms with Gasteiger partial charge in [0.05, 0.1) is 17.4 Å². The molecular formula is C17H13N5O. The number of nitrogens with zero attached hydrogens (tertiary/aromatic N) is 3. The Morgan fingerprint density at radius 2 is 1.96 bits per heavy atom. The van der Waals surface area contributed by atoms with Gasteiger partial charge in [-0.2, -0.15) is 5.10 Å². The van der Waals surface area contributed by atoms with Crippen LogP contribution in [0.15, 0.2) is 49.1 Å². The van der Waals surface area contributed by atoms with E-state index in [9.17, 15) is 4.79 Å². The van der Waals surface area contributed by atoms with Crippen LogP contribution in [-0.2, 0) is 0 Å². The summed E-state index contributed by atoms with van der Waals surface area (Å²) in [5.74, 6) is -0.275. The predicted molar refractivity (Wildman–Crippen MR) is 88.3 cm³/mol. The number of nitrogens with one attached hydrogen (secondary N) is 2. The predicted octanol–water partition coefficient (Wildman–Crippen LogP) is 3.07. The summed E-state index contributed by atoms with van der Waals surface area (Å²) in [6.45, 7) is 2.00. The summed E-state index contributed by atoms with van der Waals surface area (Å²) in [7, 11) is 0. The highest BCUT2D eigenvalue weighted by molar-refractivity contribution is 6.13. The molecule has 4 rings (SSSR count). The van der Waals surface area contributed by atoms with Crippen molar-refractivity contribution in [2.75, 3.05) is 5.32 Å². The molecule has 0 spiro atoms. The molecule has 4 aromatic rings. The van der Waals surface area contributed by atoms with Crippen LogP contribution in [0.2, 0.25) is 0 Å². The average molecular weight is 303 g/mol. The van der Waals surface area contributed by atoms with E-state index in [1.54, 1.807) is 24.8 Å². The lowest BCUT2D eigenvalue weighted by Crippen LogP contribution is -2.14. The molecule has 0 fully saturated rings. The van der Waals surface area contributed by atoms with Gasteiger partial charge in [-0.15, -0.1) is 0 Å². The highest BCUT2D eigenvalue weighted by atomic mass is 16.1. The smallest absolute Gasteiger partial charge is 0.275 e. The molecule has 0 aliphatic heterocycles. The monoisotopic (exact) mass is 303 g/mol. The molecule has 0 saturated heterocycles. The minimum Gasteiger partial charge on any atom is -0.319 e. The normalized spacial score (nSPS) is 11.0. The summed E-state index contributed by atoms with van der Waals surface area (Å²) in [5, 5.41) is 12.5. The fourth-order valence-electron chi connectivity index (χ4n) is 2.65. The molecule has 0 aliphatic rings. The fraction of sp³-hybridized carbons (Fsp3) is 0.0588. The van der Waals surface area contributed by atoms with E-state index in [0.717, 1.165) is 27.2 Å². The number of H-pyrrole nitrogens is 1. The molecule has 0 saturated carbocycles. The Hall–Kier alpha value is -3.28. The summed E-state index contributed by atoms with van der Waals surface area (Å²) in [6.07, 6.45) is 6.72. The minimum atomic E-state index is -0.275. The van der Waals surface area contributed by atoms with Crippen LogP contribution >= 0.6 is 0 Å². The van der Waals surface area contributed by atoms with Crippen LogP contribution in [0, 0.1) is 6.92 Å². The standard InChI is InChI=1S/C17H13N5O/c1-10-2-3-14(15-12(10)9-20-22-15)21-17(23)16-13-8-18-6-4-11(13)5-7-19-16/h2-9H,1H3,(H,20,22)(H,21,23). The summed E-state index contributed by atoms with van der Waals surface area (Å²) in [5.41, 5.74) is 2.93. The second-order valence-corrected chi connectivity index (χ2v) is 5.30. The molecule has 0 radical (unpaired) electrons.